The van der Waals surface area contributed by atoms with Gasteiger partial charge in [-0.1, -0.05) is 108 Å². The summed E-state index contributed by atoms with van der Waals surface area (Å²) in [6.07, 6.45) is 12.6. The van der Waals surface area contributed by atoms with E-state index >= 15 is 0 Å². The zero-order valence-corrected chi connectivity index (χ0v) is 34.2. The molecule has 4 heterocycles. The summed E-state index contributed by atoms with van der Waals surface area (Å²) in [4.78, 5) is 66.7. The summed E-state index contributed by atoms with van der Waals surface area (Å²) in [7, 11) is -5.43. The minimum absolute atomic E-state index is 0.150. The molecule has 2 saturated heterocycles. The fourth-order valence-electron chi connectivity index (χ4n) is 7.80. The van der Waals surface area contributed by atoms with Crippen LogP contribution in [0.5, 0.6) is 0 Å². The normalized spacial score (nSPS) is 24.6. The van der Waals surface area contributed by atoms with Crippen molar-refractivity contribution in [2.75, 3.05) is 11.9 Å². The highest BCUT2D eigenvalue weighted by Gasteiger charge is 2.62. The average molecular weight is 825 g/mol. The molecule has 2 aromatic rings. The van der Waals surface area contributed by atoms with E-state index in [0.29, 0.717) is 12.4 Å². The van der Waals surface area contributed by atoms with E-state index in [0.717, 1.165) is 35.3 Å². The third-order valence-electron chi connectivity index (χ3n) is 10.9. The highest BCUT2D eigenvalue weighted by Crippen LogP contribution is 2.51. The van der Waals surface area contributed by atoms with Crippen molar-refractivity contribution in [3.8, 4) is 0 Å². The van der Waals surface area contributed by atoms with Gasteiger partial charge in [0, 0.05) is 35.8 Å². The third-order valence-corrected chi connectivity index (χ3v) is 11.5. The van der Waals surface area contributed by atoms with Crippen LogP contribution in [-0.4, -0.2) is 81.7 Å². The molecule has 4 rings (SSSR count). The van der Waals surface area contributed by atoms with E-state index in [2.05, 4.69) is 32.2 Å². The first-order chi connectivity index (χ1) is 27.2. The fraction of sp³-hybridized carbons (Fsp3) is 0.784. The highest BCUT2D eigenvalue weighted by molar-refractivity contribution is 7.46. The summed E-state index contributed by atoms with van der Waals surface area (Å²) in [5.74, 6) is 0.298. The molecule has 0 spiro atoms. The molecule has 320 valence electrons. The lowest BCUT2D eigenvalue weighted by Gasteiger charge is -2.41. The molecule has 0 bridgehead atoms. The van der Waals surface area contributed by atoms with Crippen molar-refractivity contribution in [1.29, 1.82) is 0 Å². The molecule has 0 aromatic carbocycles. The molecule has 8 atom stereocenters. The minimum Gasteiger partial charge on any atom is -0.387 e. The van der Waals surface area contributed by atoms with Gasteiger partial charge in [0.2, 0.25) is 0 Å². The minimum atomic E-state index is -5.43. The zero-order chi connectivity index (χ0) is 41.6. The Labute approximate surface area is 332 Å². The standard InChI is InChI=1S/C37H61N8O11P/c1-4-5-6-7-8-9-10-11-12-13-14-15-16-17-18-19-21-39-27-20-22-44(35(49)40-27)34-30(47)29(46)32(55-34)37(3,56-57(51,52)53)31-26(42-43-38)23-28(54-31)45-24-25(2)33(48)41-36(45)50/h20,22,24,26,28-32,34,46-47H,4-19,21,23H2,1-3H3,(H,39,40,49)(H,41,48,50)(H2,51,52,53). The van der Waals surface area contributed by atoms with Crippen LogP contribution in [0.3, 0.4) is 0 Å². The Bertz CT molecular complexity index is 1850. The molecule has 2 aliphatic rings. The van der Waals surface area contributed by atoms with Crippen molar-refractivity contribution in [2.24, 2.45) is 5.11 Å². The first-order valence-electron chi connectivity index (χ1n) is 20.3. The van der Waals surface area contributed by atoms with Crippen molar-refractivity contribution in [1.82, 2.24) is 19.1 Å². The second-order valence-corrected chi connectivity index (χ2v) is 16.6. The van der Waals surface area contributed by atoms with Crippen LogP contribution in [0.4, 0.5) is 5.82 Å². The van der Waals surface area contributed by atoms with Crippen LogP contribution < -0.4 is 22.3 Å². The van der Waals surface area contributed by atoms with E-state index in [1.165, 1.54) is 109 Å². The van der Waals surface area contributed by atoms with E-state index < -0.39 is 73.3 Å². The van der Waals surface area contributed by atoms with E-state index in [1.807, 2.05) is 0 Å². The number of nitrogens with one attached hydrogen (secondary N) is 2. The van der Waals surface area contributed by atoms with Crippen LogP contribution in [-0.2, 0) is 18.6 Å². The van der Waals surface area contributed by atoms with Gasteiger partial charge in [-0.3, -0.25) is 23.4 Å². The Balaban J connectivity index is 1.31. The molecule has 8 unspecified atom stereocenters. The number of H-pyrrole nitrogens is 1. The molecule has 0 saturated carbocycles. The molecule has 2 aromatic heterocycles. The first kappa shape index (κ1) is 46.3. The van der Waals surface area contributed by atoms with Crippen LogP contribution in [0, 0.1) is 6.92 Å². The number of aryl methyl sites for hydroxylation is 1. The maximum atomic E-state index is 13.2. The summed E-state index contributed by atoms with van der Waals surface area (Å²) in [6, 6.07) is 0.244. The van der Waals surface area contributed by atoms with Gasteiger partial charge in [0.15, 0.2) is 6.23 Å². The van der Waals surface area contributed by atoms with Crippen molar-refractivity contribution in [3.05, 3.63) is 65.8 Å². The molecule has 19 nitrogen and oxygen atoms in total. The topological polar surface area (TPSA) is 276 Å². The molecule has 0 amide bonds. The number of rotatable bonds is 25. The average Bonchev–Trinajstić information content (AvgIpc) is 3.71. The lowest BCUT2D eigenvalue weighted by Crippen LogP contribution is -2.58. The number of ether oxygens (including phenoxy) is 2. The van der Waals surface area contributed by atoms with E-state index in [-0.39, 0.29) is 12.0 Å². The molecule has 2 fully saturated rings. The van der Waals surface area contributed by atoms with Crippen molar-refractivity contribution in [3.63, 3.8) is 0 Å². The largest absolute Gasteiger partial charge is 0.470 e. The maximum Gasteiger partial charge on any atom is 0.470 e. The molecule has 57 heavy (non-hydrogen) atoms. The Morgan fingerprint density at radius 2 is 1.53 bits per heavy atom. The van der Waals surface area contributed by atoms with Crippen LogP contribution in [0.25, 0.3) is 10.4 Å². The van der Waals surface area contributed by atoms with E-state index in [9.17, 15) is 44.5 Å². The van der Waals surface area contributed by atoms with Gasteiger partial charge >= 0.3 is 19.2 Å². The molecular weight excluding hydrogens is 763 g/mol. The van der Waals surface area contributed by atoms with Gasteiger partial charge in [-0.25, -0.2) is 14.2 Å². The van der Waals surface area contributed by atoms with Gasteiger partial charge in [0.05, 0.1) is 6.04 Å². The van der Waals surface area contributed by atoms with Crippen LogP contribution in [0.15, 0.2) is 38.0 Å². The second-order valence-electron chi connectivity index (χ2n) is 15.4. The Morgan fingerprint density at radius 1 is 0.947 bits per heavy atom. The monoisotopic (exact) mass is 824 g/mol. The number of azide groups is 1. The van der Waals surface area contributed by atoms with Gasteiger partial charge in [0.1, 0.15) is 42.1 Å². The van der Waals surface area contributed by atoms with E-state index in [4.69, 9.17) is 14.0 Å². The first-order valence-corrected chi connectivity index (χ1v) is 21.9. The van der Waals surface area contributed by atoms with Crippen LogP contribution >= 0.6 is 7.82 Å². The number of aliphatic hydroxyl groups excluding tert-OH is 2. The number of phosphoric ester groups is 1. The SMILES string of the molecule is CCCCCCCCCCCCCCCCCCNc1ccn(C2OC(C(C)(OP(=O)(O)O)C3OC(n4cc(C)c(=O)[nH]c4=O)CC3N=[N+]=[N-])C(O)C2O)c(=O)n1. The second kappa shape index (κ2) is 22.1. The Hall–Kier alpha value is -3.38. The molecule has 0 aliphatic carbocycles. The quantitative estimate of drug-likeness (QED) is 0.0246. The van der Waals surface area contributed by atoms with Gasteiger partial charge in [-0.2, -0.15) is 4.98 Å². The predicted molar refractivity (Wildman–Crippen MR) is 212 cm³/mol. The van der Waals surface area contributed by atoms with E-state index in [1.54, 1.807) is 0 Å². The number of aliphatic hydroxyl groups is 2. The maximum absolute atomic E-state index is 13.2. The van der Waals surface area contributed by atoms with Gasteiger partial charge in [-0.15, -0.1) is 0 Å². The van der Waals surface area contributed by atoms with Crippen LogP contribution in [0.1, 0.15) is 141 Å². The zero-order valence-electron chi connectivity index (χ0n) is 33.3. The summed E-state index contributed by atoms with van der Waals surface area (Å²) in [5.41, 5.74) is 4.78. The molecule has 20 heteroatoms. The van der Waals surface area contributed by atoms with Gasteiger partial charge < -0.3 is 34.8 Å². The lowest BCUT2D eigenvalue weighted by atomic mass is 9.85. The number of aromatic nitrogens is 4. The summed E-state index contributed by atoms with van der Waals surface area (Å²) in [5, 5.41) is 29.2. The summed E-state index contributed by atoms with van der Waals surface area (Å²) >= 11 is 0. The molecule has 0 radical (unpaired) electrons. The predicted octanol–water partition coefficient (Wildman–Crippen LogP) is 5.23. The van der Waals surface area contributed by atoms with Crippen LogP contribution in [0.2, 0.25) is 0 Å². The van der Waals surface area contributed by atoms with Crippen molar-refractivity contribution < 1.29 is 38.6 Å². The number of nitrogens with zero attached hydrogens (tertiary/aromatic N) is 6. The Kier molecular flexibility index (Phi) is 18.0. The Morgan fingerprint density at radius 3 is 2.07 bits per heavy atom. The molecular formula is C37H61N8O11P. The van der Waals surface area contributed by atoms with Gasteiger partial charge in [0.25, 0.3) is 5.56 Å². The summed E-state index contributed by atoms with van der Waals surface area (Å²) in [6.45, 7) is 5.40. The molecule has 2 aliphatic heterocycles. The highest BCUT2D eigenvalue weighted by atomic mass is 31.2. The number of hydrogen-bond donors (Lipinski definition) is 6. The fourth-order valence-corrected chi connectivity index (χ4v) is 8.52. The molecule has 6 N–H and O–H groups in total. The number of anilines is 1. The number of unbranched alkanes of at least 4 members (excludes halogenated alkanes) is 15. The lowest BCUT2D eigenvalue weighted by molar-refractivity contribution is -0.187. The number of aromatic amines is 1. The summed E-state index contributed by atoms with van der Waals surface area (Å²) < 4.78 is 31.5. The third kappa shape index (κ3) is 13.1. The van der Waals surface area contributed by atoms with Crippen molar-refractivity contribution >= 4 is 13.6 Å². The van der Waals surface area contributed by atoms with Gasteiger partial charge in [-0.05, 0) is 31.9 Å². The number of hydrogen-bond acceptors (Lipinski definition) is 12. The van der Waals surface area contributed by atoms with Crippen molar-refractivity contribution in [2.45, 2.75) is 178 Å². The number of phosphoric acid groups is 1. The smallest absolute Gasteiger partial charge is 0.387 e.